The Morgan fingerprint density at radius 3 is 2.38 bits per heavy atom. The van der Waals surface area contributed by atoms with Crippen LogP contribution in [0.3, 0.4) is 0 Å². The number of hydrogen-bond acceptors (Lipinski definition) is 2. The first-order valence-electron chi connectivity index (χ1n) is 5.09. The van der Waals surface area contributed by atoms with E-state index in [2.05, 4.69) is 36.7 Å². The van der Waals surface area contributed by atoms with Crippen molar-refractivity contribution in [2.24, 2.45) is 4.99 Å². The molecule has 0 aromatic carbocycles. The monoisotopic (exact) mass is 214 g/mol. The van der Waals surface area contributed by atoms with Crippen LogP contribution in [0.1, 0.15) is 20.8 Å². The summed E-state index contributed by atoms with van der Waals surface area (Å²) < 4.78 is 0. The van der Waals surface area contributed by atoms with Gasteiger partial charge in [-0.05, 0) is 26.8 Å². The summed E-state index contributed by atoms with van der Waals surface area (Å²) in [6.45, 7) is 7.57. The summed E-state index contributed by atoms with van der Waals surface area (Å²) in [6, 6.07) is 0. The largest absolute Gasteiger partial charge is 0.379 e. The van der Waals surface area contributed by atoms with Gasteiger partial charge in [-0.3, -0.25) is 4.99 Å². The molecule has 0 saturated carbocycles. The van der Waals surface area contributed by atoms with E-state index in [4.69, 9.17) is 0 Å². The molecule has 0 aliphatic carbocycles. The van der Waals surface area contributed by atoms with Crippen LogP contribution in [0.5, 0.6) is 0 Å². The topological polar surface area (TPSA) is 15.6 Å². The standard InChI is InChI=1S/C9H22N2Si2/c1-4-11(7-13)9(3)5-8(2)10-6-12/h5H,4,6-7H2,1-3,12-13H3/b9-5-,10-8?. The molecule has 0 bridgehead atoms. The van der Waals surface area contributed by atoms with E-state index in [0.29, 0.717) is 0 Å². The lowest BCUT2D eigenvalue weighted by molar-refractivity contribution is 0.422. The molecule has 0 saturated heterocycles. The maximum absolute atomic E-state index is 4.40. The Morgan fingerprint density at radius 2 is 2.00 bits per heavy atom. The number of rotatable bonds is 5. The predicted molar refractivity (Wildman–Crippen MR) is 68.9 cm³/mol. The van der Waals surface area contributed by atoms with Crippen LogP contribution in [0.2, 0.25) is 0 Å². The Kier molecular flexibility index (Phi) is 6.89. The normalized spacial score (nSPS) is 13.8. The molecule has 0 unspecified atom stereocenters. The Bertz CT molecular complexity index is 196. The van der Waals surface area contributed by atoms with E-state index in [1.54, 1.807) is 0 Å². The maximum atomic E-state index is 4.40. The van der Waals surface area contributed by atoms with Gasteiger partial charge in [-0.1, -0.05) is 0 Å². The predicted octanol–water partition coefficient (Wildman–Crippen LogP) is -0.681. The third kappa shape index (κ3) is 5.05. The van der Waals surface area contributed by atoms with Crippen LogP contribution in [0.4, 0.5) is 0 Å². The van der Waals surface area contributed by atoms with Crippen LogP contribution >= 0.6 is 0 Å². The molecule has 2 nitrogen and oxygen atoms in total. The molecule has 4 heteroatoms. The minimum Gasteiger partial charge on any atom is -0.379 e. The Labute approximate surface area is 88.0 Å². The van der Waals surface area contributed by atoms with Crippen molar-refractivity contribution in [1.29, 1.82) is 0 Å². The molecular formula is C9H22N2Si2. The fourth-order valence-electron chi connectivity index (χ4n) is 1.41. The van der Waals surface area contributed by atoms with Gasteiger partial charge >= 0.3 is 0 Å². The first kappa shape index (κ1) is 12.6. The van der Waals surface area contributed by atoms with E-state index in [-0.39, 0.29) is 0 Å². The summed E-state index contributed by atoms with van der Waals surface area (Å²) in [7, 11) is 2.40. The van der Waals surface area contributed by atoms with Gasteiger partial charge in [0.05, 0.1) is 0 Å². The van der Waals surface area contributed by atoms with E-state index >= 15 is 0 Å². The molecule has 0 atom stereocenters. The molecule has 0 radical (unpaired) electrons. The van der Waals surface area contributed by atoms with Gasteiger partial charge in [0.25, 0.3) is 0 Å². The second-order valence-corrected chi connectivity index (χ2v) is 4.34. The lowest BCUT2D eigenvalue weighted by Crippen LogP contribution is -2.23. The molecule has 0 rings (SSSR count). The lowest BCUT2D eigenvalue weighted by atomic mass is 10.3. The zero-order chi connectivity index (χ0) is 10.3. The second-order valence-electron chi connectivity index (χ2n) is 3.07. The molecule has 0 aromatic rings. The van der Waals surface area contributed by atoms with Crippen molar-refractivity contribution in [2.75, 3.05) is 18.9 Å². The molecule has 0 fully saturated rings. The van der Waals surface area contributed by atoms with Crippen molar-refractivity contribution < 1.29 is 0 Å². The van der Waals surface area contributed by atoms with Gasteiger partial charge in [0.15, 0.2) is 0 Å². The van der Waals surface area contributed by atoms with Crippen LogP contribution in [-0.4, -0.2) is 50.0 Å². The SMILES string of the molecule is CCN(C[SiH3])/C(C)=C\C(C)=NC[SiH3]. The van der Waals surface area contributed by atoms with Crippen LogP contribution in [0, 0.1) is 0 Å². The van der Waals surface area contributed by atoms with Crippen LogP contribution in [0.25, 0.3) is 0 Å². The first-order valence-corrected chi connectivity index (χ1v) is 7.92. The summed E-state index contributed by atoms with van der Waals surface area (Å²) in [5, 5.41) is 0. The molecule has 0 amide bonds. The van der Waals surface area contributed by atoms with Crippen molar-refractivity contribution in [3.63, 3.8) is 0 Å². The van der Waals surface area contributed by atoms with Crippen molar-refractivity contribution in [2.45, 2.75) is 20.8 Å². The molecule has 13 heavy (non-hydrogen) atoms. The van der Waals surface area contributed by atoms with Gasteiger partial charge in [-0.15, -0.1) is 0 Å². The highest BCUT2D eigenvalue weighted by atomic mass is 28.1. The van der Waals surface area contributed by atoms with E-state index in [1.165, 1.54) is 27.8 Å². The molecule has 0 aromatic heterocycles. The maximum Gasteiger partial charge on any atom is 0.0330 e. The van der Waals surface area contributed by atoms with E-state index < -0.39 is 0 Å². The third-order valence-electron chi connectivity index (χ3n) is 2.09. The van der Waals surface area contributed by atoms with Gasteiger partial charge in [0.2, 0.25) is 0 Å². The minimum absolute atomic E-state index is 1.02. The van der Waals surface area contributed by atoms with Gasteiger partial charge in [-0.2, -0.15) is 0 Å². The quantitative estimate of drug-likeness (QED) is 0.437. The number of aliphatic imine (C=N–C) groups is 1. The number of hydrogen-bond donors (Lipinski definition) is 0. The van der Waals surface area contributed by atoms with Crippen LogP contribution < -0.4 is 0 Å². The fourth-order valence-corrected chi connectivity index (χ4v) is 2.86. The zero-order valence-corrected chi connectivity index (χ0v) is 13.6. The van der Waals surface area contributed by atoms with Crippen LogP contribution in [0.15, 0.2) is 16.8 Å². The van der Waals surface area contributed by atoms with E-state index in [9.17, 15) is 0 Å². The first-order chi connectivity index (χ1) is 6.15. The Balaban J connectivity index is 4.37. The summed E-state index contributed by atoms with van der Waals surface area (Å²) in [4.78, 5) is 6.80. The summed E-state index contributed by atoms with van der Waals surface area (Å²) in [5.41, 5.74) is 2.52. The zero-order valence-electron chi connectivity index (χ0n) is 9.59. The van der Waals surface area contributed by atoms with Gasteiger partial charge in [-0.25, -0.2) is 0 Å². The van der Waals surface area contributed by atoms with E-state index in [0.717, 1.165) is 23.0 Å². The minimum atomic E-state index is 1.02. The molecule has 0 spiro atoms. The van der Waals surface area contributed by atoms with Crippen molar-refractivity contribution in [1.82, 2.24) is 4.90 Å². The van der Waals surface area contributed by atoms with Gasteiger partial charge < -0.3 is 4.90 Å². The highest BCUT2D eigenvalue weighted by Gasteiger charge is 1.98. The molecule has 0 heterocycles. The van der Waals surface area contributed by atoms with Crippen molar-refractivity contribution in [3.05, 3.63) is 11.8 Å². The molecule has 76 valence electrons. The molecular weight excluding hydrogens is 192 g/mol. The fraction of sp³-hybridized carbons (Fsp3) is 0.667. The Morgan fingerprint density at radius 1 is 1.38 bits per heavy atom. The average molecular weight is 214 g/mol. The lowest BCUT2D eigenvalue weighted by Gasteiger charge is -2.21. The molecule has 0 aliphatic rings. The van der Waals surface area contributed by atoms with Crippen molar-refractivity contribution >= 4 is 26.2 Å². The van der Waals surface area contributed by atoms with Gasteiger partial charge in [0, 0.05) is 50.8 Å². The highest BCUT2D eigenvalue weighted by molar-refractivity contribution is 6.10. The number of allylic oxidation sites excluding steroid dienone is 2. The highest BCUT2D eigenvalue weighted by Crippen LogP contribution is 2.01. The van der Waals surface area contributed by atoms with Crippen LogP contribution in [-0.2, 0) is 0 Å². The van der Waals surface area contributed by atoms with Crippen molar-refractivity contribution in [3.8, 4) is 0 Å². The third-order valence-corrected chi connectivity index (χ3v) is 3.17. The summed E-state index contributed by atoms with van der Waals surface area (Å²) in [6.07, 6.45) is 4.43. The number of nitrogens with zero attached hydrogens (tertiary/aromatic N) is 2. The molecule has 0 aliphatic heterocycles. The Hall–Kier alpha value is -0.356. The van der Waals surface area contributed by atoms with E-state index in [1.807, 2.05) is 0 Å². The summed E-state index contributed by atoms with van der Waals surface area (Å²) >= 11 is 0. The van der Waals surface area contributed by atoms with Gasteiger partial charge in [0.1, 0.15) is 0 Å². The second kappa shape index (κ2) is 7.09. The summed E-state index contributed by atoms with van der Waals surface area (Å²) in [5.74, 6) is 0. The average Bonchev–Trinajstić information content (AvgIpc) is 2.06. The smallest absolute Gasteiger partial charge is 0.0330 e. The molecule has 0 N–H and O–H groups in total.